The monoisotopic (exact) mass is 354 g/mol. The fraction of sp³-hybridized carbons (Fsp3) is 1.00. The summed E-state index contributed by atoms with van der Waals surface area (Å²) in [6, 6.07) is 0. The van der Waals surface area contributed by atoms with Crippen LogP contribution in [0.15, 0.2) is 0 Å². The van der Waals surface area contributed by atoms with E-state index >= 15 is 0 Å². The van der Waals surface area contributed by atoms with Gasteiger partial charge < -0.3 is 9.80 Å². The summed E-state index contributed by atoms with van der Waals surface area (Å²) in [5.74, 6) is 1.04. The summed E-state index contributed by atoms with van der Waals surface area (Å²) in [5.41, 5.74) is 0. The maximum Gasteiger partial charge on any atom is -0.00218 e. The van der Waals surface area contributed by atoms with Gasteiger partial charge in [0.25, 0.3) is 0 Å². The Balaban J connectivity index is 0. The van der Waals surface area contributed by atoms with E-state index in [0.717, 1.165) is 5.75 Å². The summed E-state index contributed by atoms with van der Waals surface area (Å²) in [6.07, 6.45) is 10.8. The van der Waals surface area contributed by atoms with E-state index in [1.54, 1.807) is 0 Å². The lowest BCUT2D eigenvalue weighted by atomic mass is 10.1. The second-order valence-corrected chi connectivity index (χ2v) is 6.11. The molecule has 0 aliphatic rings. The standard InChI is InChI=1S/C15H34N2S.BrH/c1-16(2)12-8-4-5-9-13-17(3)14-10-6-7-11-15-18;/h18H,4-15H2,1-3H3;1H. The van der Waals surface area contributed by atoms with Crippen molar-refractivity contribution in [1.82, 2.24) is 9.80 Å². The van der Waals surface area contributed by atoms with Crippen molar-refractivity contribution in [3.8, 4) is 0 Å². The van der Waals surface area contributed by atoms with Crippen molar-refractivity contribution >= 4 is 29.6 Å². The third kappa shape index (κ3) is 18.8. The van der Waals surface area contributed by atoms with Gasteiger partial charge in [0.15, 0.2) is 0 Å². The number of unbranched alkanes of at least 4 members (excludes halogenated alkanes) is 6. The maximum absolute atomic E-state index is 4.24. The molecular formula is C15H35BrN2S. The summed E-state index contributed by atoms with van der Waals surface area (Å²) < 4.78 is 0. The molecule has 0 saturated carbocycles. The first-order valence-corrected chi connectivity index (χ1v) is 8.24. The van der Waals surface area contributed by atoms with E-state index in [-0.39, 0.29) is 17.0 Å². The van der Waals surface area contributed by atoms with E-state index in [2.05, 4.69) is 43.6 Å². The smallest absolute Gasteiger partial charge is 0.00218 e. The average molecular weight is 355 g/mol. The molecule has 0 N–H and O–H groups in total. The molecule has 0 heterocycles. The summed E-state index contributed by atoms with van der Waals surface area (Å²) in [6.45, 7) is 3.78. The van der Waals surface area contributed by atoms with Gasteiger partial charge in [0.2, 0.25) is 0 Å². The summed E-state index contributed by atoms with van der Waals surface area (Å²) in [5, 5.41) is 0. The lowest BCUT2D eigenvalue weighted by molar-refractivity contribution is 0.312. The molecule has 0 aliphatic heterocycles. The van der Waals surface area contributed by atoms with Gasteiger partial charge in [-0.25, -0.2) is 0 Å². The SMILES string of the molecule is Br.CN(C)CCCCCCN(C)CCCCCCS. The highest BCUT2D eigenvalue weighted by atomic mass is 79.9. The molecule has 4 heteroatoms. The quantitative estimate of drug-likeness (QED) is 0.392. The van der Waals surface area contributed by atoms with E-state index in [9.17, 15) is 0 Å². The molecule has 0 saturated heterocycles. The van der Waals surface area contributed by atoms with E-state index in [1.807, 2.05) is 0 Å². The highest BCUT2D eigenvalue weighted by Gasteiger charge is 1.98. The van der Waals surface area contributed by atoms with Crippen LogP contribution in [0.25, 0.3) is 0 Å². The molecule has 0 aromatic carbocycles. The minimum atomic E-state index is 0. The van der Waals surface area contributed by atoms with Crippen LogP contribution in [-0.2, 0) is 0 Å². The van der Waals surface area contributed by atoms with Crippen molar-refractivity contribution in [2.45, 2.75) is 51.4 Å². The van der Waals surface area contributed by atoms with Gasteiger partial charge >= 0.3 is 0 Å². The van der Waals surface area contributed by atoms with Crippen LogP contribution in [-0.4, -0.2) is 56.3 Å². The van der Waals surface area contributed by atoms with Gasteiger partial charge in [0.05, 0.1) is 0 Å². The predicted octanol–water partition coefficient (Wildman–Crippen LogP) is 4.11. The third-order valence-corrected chi connectivity index (χ3v) is 3.66. The first-order chi connectivity index (χ1) is 8.66. The average Bonchev–Trinajstić information content (AvgIpc) is 2.33. The highest BCUT2D eigenvalue weighted by Crippen LogP contribution is 2.04. The van der Waals surface area contributed by atoms with Crippen molar-refractivity contribution in [1.29, 1.82) is 0 Å². The van der Waals surface area contributed by atoms with E-state index in [0.29, 0.717) is 0 Å². The Hall–Kier alpha value is 0.750. The molecule has 0 fully saturated rings. The number of thiol groups is 1. The Morgan fingerprint density at radius 3 is 1.47 bits per heavy atom. The van der Waals surface area contributed by atoms with Gasteiger partial charge in [-0.1, -0.05) is 25.7 Å². The molecule has 0 atom stereocenters. The van der Waals surface area contributed by atoms with Crippen molar-refractivity contribution in [2.24, 2.45) is 0 Å². The number of hydrogen-bond donors (Lipinski definition) is 1. The third-order valence-electron chi connectivity index (χ3n) is 3.34. The van der Waals surface area contributed by atoms with Crippen molar-refractivity contribution < 1.29 is 0 Å². The molecule has 0 unspecified atom stereocenters. The van der Waals surface area contributed by atoms with Crippen LogP contribution in [0.3, 0.4) is 0 Å². The first-order valence-electron chi connectivity index (χ1n) is 7.61. The van der Waals surface area contributed by atoms with Gasteiger partial charge in [-0.05, 0) is 72.2 Å². The molecule has 0 aliphatic carbocycles. The van der Waals surface area contributed by atoms with Crippen LogP contribution in [0.4, 0.5) is 0 Å². The fourth-order valence-electron chi connectivity index (χ4n) is 2.12. The largest absolute Gasteiger partial charge is 0.309 e. The van der Waals surface area contributed by atoms with Crippen molar-refractivity contribution in [2.75, 3.05) is 46.5 Å². The molecule has 19 heavy (non-hydrogen) atoms. The van der Waals surface area contributed by atoms with Gasteiger partial charge in [0.1, 0.15) is 0 Å². The molecule has 118 valence electrons. The number of halogens is 1. The molecule has 2 nitrogen and oxygen atoms in total. The zero-order chi connectivity index (χ0) is 13.6. The zero-order valence-corrected chi connectivity index (χ0v) is 15.8. The summed E-state index contributed by atoms with van der Waals surface area (Å²) in [7, 11) is 6.57. The van der Waals surface area contributed by atoms with Crippen LogP contribution in [0, 0.1) is 0 Å². The Kier molecular flexibility index (Phi) is 19.5. The Bertz CT molecular complexity index is 168. The molecule has 0 aromatic rings. The molecule has 0 radical (unpaired) electrons. The van der Waals surface area contributed by atoms with Gasteiger partial charge in [-0.3, -0.25) is 0 Å². The topological polar surface area (TPSA) is 6.48 Å². The molecular weight excluding hydrogens is 320 g/mol. The predicted molar refractivity (Wildman–Crippen MR) is 97.2 cm³/mol. The van der Waals surface area contributed by atoms with Crippen LogP contribution in [0.2, 0.25) is 0 Å². The second-order valence-electron chi connectivity index (χ2n) is 5.66. The van der Waals surface area contributed by atoms with Crippen LogP contribution in [0.1, 0.15) is 51.4 Å². The minimum Gasteiger partial charge on any atom is -0.309 e. The maximum atomic E-state index is 4.24. The molecule has 0 spiro atoms. The van der Waals surface area contributed by atoms with Crippen LogP contribution >= 0.6 is 29.6 Å². The Morgan fingerprint density at radius 1 is 0.632 bits per heavy atom. The normalized spacial score (nSPS) is 11.1. The number of hydrogen-bond acceptors (Lipinski definition) is 3. The highest BCUT2D eigenvalue weighted by molar-refractivity contribution is 8.93. The van der Waals surface area contributed by atoms with E-state index < -0.39 is 0 Å². The molecule has 0 aromatic heterocycles. The van der Waals surface area contributed by atoms with Crippen LogP contribution < -0.4 is 0 Å². The second kappa shape index (κ2) is 16.8. The van der Waals surface area contributed by atoms with Crippen molar-refractivity contribution in [3.05, 3.63) is 0 Å². The van der Waals surface area contributed by atoms with E-state index in [1.165, 1.54) is 71.0 Å². The van der Waals surface area contributed by atoms with Crippen LogP contribution in [0.5, 0.6) is 0 Å². The summed E-state index contributed by atoms with van der Waals surface area (Å²) >= 11 is 4.24. The van der Waals surface area contributed by atoms with Gasteiger partial charge in [0, 0.05) is 0 Å². The van der Waals surface area contributed by atoms with E-state index in [4.69, 9.17) is 0 Å². The lowest BCUT2D eigenvalue weighted by Gasteiger charge is -2.16. The first kappa shape index (κ1) is 22.0. The zero-order valence-electron chi connectivity index (χ0n) is 13.2. The summed E-state index contributed by atoms with van der Waals surface area (Å²) in [4.78, 5) is 4.77. The fourth-order valence-corrected chi connectivity index (χ4v) is 2.35. The van der Waals surface area contributed by atoms with Gasteiger partial charge in [-0.2, -0.15) is 12.6 Å². The number of nitrogens with zero attached hydrogens (tertiary/aromatic N) is 2. The Labute approximate surface area is 137 Å². The lowest BCUT2D eigenvalue weighted by Crippen LogP contribution is -2.21. The molecule has 0 amide bonds. The minimum absolute atomic E-state index is 0. The Morgan fingerprint density at radius 2 is 1.05 bits per heavy atom. The van der Waals surface area contributed by atoms with Crippen molar-refractivity contribution in [3.63, 3.8) is 0 Å². The number of rotatable bonds is 13. The molecule has 0 bridgehead atoms. The van der Waals surface area contributed by atoms with Gasteiger partial charge in [-0.15, -0.1) is 17.0 Å². The molecule has 0 rings (SSSR count).